The van der Waals surface area contributed by atoms with E-state index in [0.717, 1.165) is 11.1 Å². The van der Waals surface area contributed by atoms with Gasteiger partial charge in [-0.05, 0) is 25.0 Å². The van der Waals surface area contributed by atoms with Gasteiger partial charge in [0.15, 0.2) is 0 Å². The molecule has 0 aliphatic heterocycles. The number of rotatable bonds is 4. The van der Waals surface area contributed by atoms with Crippen molar-refractivity contribution in [2.45, 2.75) is 13.8 Å². The number of carbonyl (C=O) groups is 1. The predicted octanol–water partition coefficient (Wildman–Crippen LogP) is 0.0433. The Kier molecular flexibility index (Phi) is 7.89. The van der Waals surface area contributed by atoms with Crippen LogP contribution in [0.3, 0.4) is 0 Å². The van der Waals surface area contributed by atoms with Gasteiger partial charge in [-0.3, -0.25) is 15.0 Å². The zero-order valence-electron chi connectivity index (χ0n) is 11.8. The second-order valence-corrected chi connectivity index (χ2v) is 4.10. The van der Waals surface area contributed by atoms with Crippen LogP contribution in [0, 0.1) is 0 Å². The van der Waals surface area contributed by atoms with Crippen LogP contribution in [0.5, 0.6) is 0 Å². The fraction of sp³-hybridized carbons (Fsp3) is 0.333. The largest absolute Gasteiger partial charge is 0.508 e. The molecule has 0 bridgehead atoms. The Morgan fingerprint density at radius 1 is 0.857 bits per heavy atom. The molecule has 0 radical (unpaired) electrons. The van der Waals surface area contributed by atoms with Crippen molar-refractivity contribution >= 4 is 6.16 Å². The van der Waals surface area contributed by atoms with E-state index in [0.29, 0.717) is 0 Å². The van der Waals surface area contributed by atoms with E-state index in [2.05, 4.69) is 22.6 Å². The Hall–Kier alpha value is -2.84. The summed E-state index contributed by atoms with van der Waals surface area (Å²) in [5.74, 6) is 0. The van der Waals surface area contributed by atoms with Crippen molar-refractivity contribution in [2.24, 2.45) is 0 Å². The van der Waals surface area contributed by atoms with Gasteiger partial charge in [-0.25, -0.2) is 19.2 Å². The maximum Gasteiger partial charge on any atom is 0.508 e. The Morgan fingerprint density at radius 3 is 1.38 bits per heavy atom. The molecule has 0 fully saturated rings. The van der Waals surface area contributed by atoms with Crippen molar-refractivity contribution in [3.05, 3.63) is 55.8 Å². The van der Waals surface area contributed by atoms with E-state index in [1.54, 1.807) is 28.8 Å². The Bertz CT molecular complexity index is 568. The normalized spacial score (nSPS) is 9.05. The molecule has 0 saturated carbocycles. The molecule has 0 saturated heterocycles. The lowest BCUT2D eigenvalue weighted by Gasteiger charge is -2.04. The molecule has 116 valence electrons. The van der Waals surface area contributed by atoms with Crippen LogP contribution in [0.2, 0.25) is 0 Å². The van der Waals surface area contributed by atoms with E-state index in [-0.39, 0.29) is 13.2 Å². The topological polar surface area (TPSA) is 134 Å². The van der Waals surface area contributed by atoms with Crippen molar-refractivity contribution in [3.8, 4) is 0 Å². The minimum Gasteiger partial charge on any atom is -0.430 e. The standard InChI is InChI=1S/C9H14O3.C3H3N3O3/c1-7(2)5-11-9(10)12-6-8(3)4;7-1-4-2(8)6-3(9)5-1/h1,3,5-6H2,2,4H3;(H3,4,5,6,7,8,9). The third kappa shape index (κ3) is 10.7. The minimum atomic E-state index is -0.802. The van der Waals surface area contributed by atoms with Crippen LogP contribution < -0.4 is 17.1 Å². The van der Waals surface area contributed by atoms with E-state index in [4.69, 9.17) is 0 Å². The molecule has 21 heavy (non-hydrogen) atoms. The second-order valence-electron chi connectivity index (χ2n) is 4.10. The smallest absolute Gasteiger partial charge is 0.430 e. The SMILES string of the molecule is C=C(C)COC(=O)OCC(=C)C.O=c1[nH]c(=O)[nH]c(=O)[nH]1. The number of aromatic amines is 3. The first-order valence-corrected chi connectivity index (χ1v) is 5.72. The Balaban J connectivity index is 0.000000394. The number of nitrogens with one attached hydrogen (secondary N) is 3. The van der Waals surface area contributed by atoms with Gasteiger partial charge in [-0.2, -0.15) is 0 Å². The highest BCUT2D eigenvalue weighted by molar-refractivity contribution is 5.60. The third-order valence-corrected chi connectivity index (χ3v) is 1.55. The van der Waals surface area contributed by atoms with Crippen LogP contribution in [0.15, 0.2) is 38.7 Å². The molecule has 3 N–H and O–H groups in total. The molecule has 1 rings (SSSR count). The fourth-order valence-electron chi connectivity index (χ4n) is 0.809. The Morgan fingerprint density at radius 2 is 1.14 bits per heavy atom. The van der Waals surface area contributed by atoms with Gasteiger partial charge in [0.25, 0.3) is 0 Å². The lowest BCUT2D eigenvalue weighted by atomic mass is 10.4. The zero-order chi connectivity index (χ0) is 16.4. The van der Waals surface area contributed by atoms with Gasteiger partial charge in [0.05, 0.1) is 0 Å². The van der Waals surface area contributed by atoms with E-state index in [9.17, 15) is 19.2 Å². The van der Waals surface area contributed by atoms with Crippen LogP contribution in [0.25, 0.3) is 0 Å². The van der Waals surface area contributed by atoms with E-state index in [1.165, 1.54) is 0 Å². The molecule has 1 heterocycles. The number of hydrogen-bond acceptors (Lipinski definition) is 6. The first-order chi connectivity index (χ1) is 9.70. The van der Waals surface area contributed by atoms with Crippen LogP contribution in [-0.2, 0) is 9.47 Å². The van der Waals surface area contributed by atoms with Crippen molar-refractivity contribution < 1.29 is 14.3 Å². The van der Waals surface area contributed by atoms with E-state index >= 15 is 0 Å². The molecule has 1 aromatic rings. The van der Waals surface area contributed by atoms with Crippen molar-refractivity contribution in [3.63, 3.8) is 0 Å². The summed E-state index contributed by atoms with van der Waals surface area (Å²) in [6, 6.07) is 0. The highest BCUT2D eigenvalue weighted by Crippen LogP contribution is 1.94. The van der Waals surface area contributed by atoms with E-state index < -0.39 is 23.2 Å². The van der Waals surface area contributed by atoms with Crippen molar-refractivity contribution in [2.75, 3.05) is 13.2 Å². The highest BCUT2D eigenvalue weighted by atomic mass is 16.7. The number of aromatic nitrogens is 3. The van der Waals surface area contributed by atoms with Gasteiger partial charge in [-0.1, -0.05) is 13.2 Å². The van der Waals surface area contributed by atoms with E-state index in [1.807, 2.05) is 0 Å². The van der Waals surface area contributed by atoms with Crippen LogP contribution in [0.1, 0.15) is 13.8 Å². The molecule has 0 atom stereocenters. The maximum atomic E-state index is 10.7. The summed E-state index contributed by atoms with van der Waals surface area (Å²) in [7, 11) is 0. The molecular weight excluding hydrogens is 282 g/mol. The van der Waals surface area contributed by atoms with Gasteiger partial charge < -0.3 is 9.47 Å². The molecule has 0 unspecified atom stereocenters. The molecule has 0 aliphatic rings. The monoisotopic (exact) mass is 299 g/mol. The molecule has 0 aliphatic carbocycles. The number of ether oxygens (including phenoxy) is 2. The highest BCUT2D eigenvalue weighted by Gasteiger charge is 2.02. The molecule has 0 aromatic carbocycles. The summed E-state index contributed by atoms with van der Waals surface area (Å²) in [5, 5.41) is 0. The maximum absolute atomic E-state index is 10.7. The predicted molar refractivity (Wildman–Crippen MR) is 75.2 cm³/mol. The fourth-order valence-corrected chi connectivity index (χ4v) is 0.809. The van der Waals surface area contributed by atoms with Crippen LogP contribution >= 0.6 is 0 Å². The average molecular weight is 299 g/mol. The van der Waals surface area contributed by atoms with Gasteiger partial charge in [0.2, 0.25) is 0 Å². The first-order valence-electron chi connectivity index (χ1n) is 5.72. The van der Waals surface area contributed by atoms with Gasteiger partial charge >= 0.3 is 23.2 Å². The summed E-state index contributed by atoms with van der Waals surface area (Å²) < 4.78 is 9.30. The zero-order valence-corrected chi connectivity index (χ0v) is 11.8. The summed E-state index contributed by atoms with van der Waals surface area (Å²) in [4.78, 5) is 46.6. The molecule has 1 aromatic heterocycles. The molecule has 0 amide bonds. The molecule has 9 nitrogen and oxygen atoms in total. The average Bonchev–Trinajstić information content (AvgIpc) is 2.32. The number of hydrogen-bond donors (Lipinski definition) is 3. The van der Waals surface area contributed by atoms with Crippen molar-refractivity contribution in [1.82, 2.24) is 15.0 Å². The van der Waals surface area contributed by atoms with Crippen molar-refractivity contribution in [1.29, 1.82) is 0 Å². The minimum absolute atomic E-state index is 0.203. The summed E-state index contributed by atoms with van der Waals surface area (Å²) in [6.07, 6.45) is -0.680. The summed E-state index contributed by atoms with van der Waals surface area (Å²) in [6.45, 7) is 11.1. The lowest BCUT2D eigenvalue weighted by molar-refractivity contribution is 0.0683. The summed E-state index contributed by atoms with van der Waals surface area (Å²) >= 11 is 0. The quantitative estimate of drug-likeness (QED) is 0.531. The Labute approximate surface area is 119 Å². The molecule has 9 heteroatoms. The van der Waals surface area contributed by atoms with Gasteiger partial charge in [0, 0.05) is 0 Å². The second kappa shape index (κ2) is 9.13. The van der Waals surface area contributed by atoms with Gasteiger partial charge in [0.1, 0.15) is 13.2 Å². The molecule has 0 spiro atoms. The van der Waals surface area contributed by atoms with Gasteiger partial charge in [-0.15, -0.1) is 0 Å². The summed E-state index contributed by atoms with van der Waals surface area (Å²) in [5.41, 5.74) is -0.846. The molecular formula is C12H17N3O6. The van der Waals surface area contributed by atoms with Crippen LogP contribution in [-0.4, -0.2) is 34.3 Å². The van der Waals surface area contributed by atoms with Crippen LogP contribution in [0.4, 0.5) is 4.79 Å². The lowest BCUT2D eigenvalue weighted by Crippen LogP contribution is -2.34. The first kappa shape index (κ1) is 18.2. The number of H-pyrrole nitrogens is 3. The number of carbonyl (C=O) groups excluding carboxylic acids is 1. The third-order valence-electron chi connectivity index (χ3n) is 1.55.